The average molecular weight is 172 g/mol. The topological polar surface area (TPSA) is 97.3 Å². The number of Topliss-reactive ketones (excluding diaryl/α,β-unsaturated/α-hetero) is 1. The van der Waals surface area contributed by atoms with Crippen molar-refractivity contribution in [2.45, 2.75) is 25.7 Å². The summed E-state index contributed by atoms with van der Waals surface area (Å²) >= 11 is 0. The second-order valence-electron chi connectivity index (χ2n) is 2.28. The number of hydrogen-bond acceptors (Lipinski definition) is 5. The predicted octanol–water partition coefficient (Wildman–Crippen LogP) is -2.38. The van der Waals surface area contributed by atoms with Crippen LogP contribution in [-0.4, -0.2) is 17.7 Å². The third-order valence-electron chi connectivity index (χ3n) is 1.22. The van der Waals surface area contributed by atoms with Crippen LogP contribution in [-0.2, 0) is 14.4 Å². The summed E-state index contributed by atoms with van der Waals surface area (Å²) < 4.78 is 0. The van der Waals surface area contributed by atoms with Crippen molar-refractivity contribution < 1.29 is 24.6 Å². The van der Waals surface area contributed by atoms with Crippen molar-refractivity contribution in [2.75, 3.05) is 0 Å². The van der Waals surface area contributed by atoms with E-state index in [1.165, 1.54) is 0 Å². The molecular formula is C7H8O5-2. The van der Waals surface area contributed by atoms with Crippen molar-refractivity contribution in [2.24, 2.45) is 0 Å². The maximum absolute atomic E-state index is 10.7. The predicted molar refractivity (Wildman–Crippen MR) is 33.5 cm³/mol. The summed E-state index contributed by atoms with van der Waals surface area (Å²) in [4.78, 5) is 30.4. The van der Waals surface area contributed by atoms with E-state index < -0.39 is 17.7 Å². The number of rotatable bonds is 6. The molecule has 0 amide bonds. The highest BCUT2D eigenvalue weighted by molar-refractivity contribution is 5.84. The van der Waals surface area contributed by atoms with Crippen LogP contribution in [0.4, 0.5) is 0 Å². The molecular weight excluding hydrogens is 164 g/mol. The van der Waals surface area contributed by atoms with Crippen LogP contribution >= 0.6 is 0 Å². The summed E-state index contributed by atoms with van der Waals surface area (Å²) in [6.07, 6.45) is -1.05. The minimum atomic E-state index is -1.31. The van der Waals surface area contributed by atoms with Gasteiger partial charge >= 0.3 is 0 Å². The fourth-order valence-electron chi connectivity index (χ4n) is 0.608. The Kier molecular flexibility index (Phi) is 4.67. The highest BCUT2D eigenvalue weighted by Gasteiger charge is 2.01. The van der Waals surface area contributed by atoms with Crippen molar-refractivity contribution in [1.29, 1.82) is 0 Å². The van der Waals surface area contributed by atoms with Gasteiger partial charge in [0.1, 0.15) is 5.78 Å². The van der Waals surface area contributed by atoms with Crippen LogP contribution in [0.25, 0.3) is 0 Å². The zero-order valence-corrected chi connectivity index (χ0v) is 6.37. The molecule has 0 aliphatic carbocycles. The van der Waals surface area contributed by atoms with E-state index in [-0.39, 0.29) is 25.7 Å². The Morgan fingerprint density at radius 1 is 0.750 bits per heavy atom. The van der Waals surface area contributed by atoms with Gasteiger partial charge in [0, 0.05) is 24.8 Å². The average Bonchev–Trinajstić information content (AvgIpc) is 1.96. The van der Waals surface area contributed by atoms with Gasteiger partial charge in [-0.3, -0.25) is 4.79 Å². The molecule has 0 aliphatic rings. The zero-order valence-electron chi connectivity index (χ0n) is 6.37. The Balaban J connectivity index is 3.47. The van der Waals surface area contributed by atoms with Gasteiger partial charge in [-0.1, -0.05) is 0 Å². The Labute approximate surface area is 69.0 Å². The molecule has 0 rings (SSSR count). The van der Waals surface area contributed by atoms with Crippen LogP contribution in [0.1, 0.15) is 25.7 Å². The molecule has 0 aromatic rings. The van der Waals surface area contributed by atoms with Gasteiger partial charge in [-0.25, -0.2) is 0 Å². The second-order valence-corrected chi connectivity index (χ2v) is 2.28. The van der Waals surface area contributed by atoms with Crippen molar-refractivity contribution in [3.05, 3.63) is 0 Å². The first-order chi connectivity index (χ1) is 5.52. The third kappa shape index (κ3) is 6.73. The molecule has 0 saturated heterocycles. The summed E-state index contributed by atoms with van der Waals surface area (Å²) in [5, 5.41) is 19.7. The van der Waals surface area contributed by atoms with Crippen LogP contribution in [0.3, 0.4) is 0 Å². The van der Waals surface area contributed by atoms with Gasteiger partial charge in [-0.15, -0.1) is 0 Å². The molecule has 0 atom stereocenters. The first kappa shape index (κ1) is 10.6. The molecule has 5 nitrogen and oxygen atoms in total. The van der Waals surface area contributed by atoms with Crippen LogP contribution in [0.15, 0.2) is 0 Å². The van der Waals surface area contributed by atoms with E-state index in [0.29, 0.717) is 0 Å². The summed E-state index contributed by atoms with van der Waals surface area (Å²) in [7, 11) is 0. The number of hydrogen-bond donors (Lipinski definition) is 0. The van der Waals surface area contributed by atoms with Gasteiger partial charge < -0.3 is 19.8 Å². The van der Waals surface area contributed by atoms with E-state index >= 15 is 0 Å². The zero-order chi connectivity index (χ0) is 9.56. The van der Waals surface area contributed by atoms with Gasteiger partial charge in [0.2, 0.25) is 0 Å². The minimum Gasteiger partial charge on any atom is -0.550 e. The Hall–Kier alpha value is -1.39. The second kappa shape index (κ2) is 5.29. The molecule has 0 aromatic heterocycles. The van der Waals surface area contributed by atoms with Gasteiger partial charge in [0.05, 0.1) is 0 Å². The molecule has 0 unspecified atom stereocenters. The number of ketones is 1. The van der Waals surface area contributed by atoms with Crippen molar-refractivity contribution in [3.63, 3.8) is 0 Å². The van der Waals surface area contributed by atoms with Crippen LogP contribution < -0.4 is 10.2 Å². The Morgan fingerprint density at radius 3 is 1.33 bits per heavy atom. The summed E-state index contributed by atoms with van der Waals surface area (Å²) in [6, 6.07) is 0. The van der Waals surface area contributed by atoms with E-state index in [0.717, 1.165) is 0 Å². The number of aliphatic carboxylic acids is 2. The lowest BCUT2D eigenvalue weighted by Crippen LogP contribution is -2.24. The molecule has 0 radical (unpaired) electrons. The number of carbonyl (C=O) groups is 3. The van der Waals surface area contributed by atoms with Crippen LogP contribution in [0.5, 0.6) is 0 Å². The number of carboxylic acid groups (broad SMARTS) is 2. The first-order valence-corrected chi connectivity index (χ1v) is 3.43. The van der Waals surface area contributed by atoms with Gasteiger partial charge in [-0.2, -0.15) is 0 Å². The lowest BCUT2D eigenvalue weighted by atomic mass is 10.1. The standard InChI is InChI=1S/C7H10O5/c8-5(1-3-6(9)10)2-4-7(11)12/h1-4H2,(H,9,10)(H,11,12)/p-2. The lowest BCUT2D eigenvalue weighted by molar-refractivity contribution is -0.306. The normalized spacial score (nSPS) is 9.33. The molecule has 0 spiro atoms. The monoisotopic (exact) mass is 172 g/mol. The largest absolute Gasteiger partial charge is 0.550 e. The van der Waals surface area contributed by atoms with Gasteiger partial charge in [0.15, 0.2) is 0 Å². The third-order valence-corrected chi connectivity index (χ3v) is 1.22. The molecule has 0 fully saturated rings. The molecule has 0 heterocycles. The van der Waals surface area contributed by atoms with E-state index in [2.05, 4.69) is 0 Å². The van der Waals surface area contributed by atoms with Crippen LogP contribution in [0, 0.1) is 0 Å². The Morgan fingerprint density at radius 2 is 1.08 bits per heavy atom. The number of carbonyl (C=O) groups excluding carboxylic acids is 3. The highest BCUT2D eigenvalue weighted by atomic mass is 16.4. The van der Waals surface area contributed by atoms with E-state index in [4.69, 9.17) is 0 Å². The minimum absolute atomic E-state index is 0.171. The van der Waals surface area contributed by atoms with E-state index in [1.54, 1.807) is 0 Å². The fraction of sp³-hybridized carbons (Fsp3) is 0.571. The first-order valence-electron chi connectivity index (χ1n) is 3.43. The van der Waals surface area contributed by atoms with Gasteiger partial charge in [-0.05, 0) is 12.8 Å². The summed E-state index contributed by atoms with van der Waals surface area (Å²) in [6.45, 7) is 0. The Bertz CT molecular complexity index is 176. The fourth-order valence-corrected chi connectivity index (χ4v) is 0.608. The molecule has 0 aromatic carbocycles. The van der Waals surface area contributed by atoms with Crippen LogP contribution in [0.2, 0.25) is 0 Å². The summed E-state index contributed by atoms with van der Waals surface area (Å²) in [5.41, 5.74) is 0. The number of carboxylic acids is 2. The molecule has 12 heavy (non-hydrogen) atoms. The highest BCUT2D eigenvalue weighted by Crippen LogP contribution is 1.96. The molecule has 68 valence electrons. The molecule has 0 aliphatic heterocycles. The smallest absolute Gasteiger partial charge is 0.133 e. The van der Waals surface area contributed by atoms with Gasteiger partial charge in [0.25, 0.3) is 0 Å². The van der Waals surface area contributed by atoms with E-state index in [1.807, 2.05) is 0 Å². The molecule has 5 heteroatoms. The van der Waals surface area contributed by atoms with E-state index in [9.17, 15) is 24.6 Å². The summed E-state index contributed by atoms with van der Waals surface area (Å²) in [5.74, 6) is -3.02. The van der Waals surface area contributed by atoms with Crippen molar-refractivity contribution in [3.8, 4) is 0 Å². The lowest BCUT2D eigenvalue weighted by Gasteiger charge is -2.02. The van der Waals surface area contributed by atoms with Crippen molar-refractivity contribution >= 4 is 17.7 Å². The van der Waals surface area contributed by atoms with Crippen molar-refractivity contribution in [1.82, 2.24) is 0 Å². The maximum atomic E-state index is 10.7. The maximum Gasteiger partial charge on any atom is 0.133 e. The SMILES string of the molecule is O=C([O-])CCC(=O)CCC(=O)[O-]. The molecule has 0 bridgehead atoms. The molecule has 0 N–H and O–H groups in total. The molecule has 0 saturated carbocycles. The quantitative estimate of drug-likeness (QED) is 0.445.